The van der Waals surface area contributed by atoms with Crippen LogP contribution in [0.15, 0.2) is 24.3 Å². The number of halogens is 1. The van der Waals surface area contributed by atoms with Gasteiger partial charge >= 0.3 is 0 Å². The molecule has 0 radical (unpaired) electrons. The Balaban J connectivity index is 1.30. The number of piperidine rings is 1. The van der Waals surface area contributed by atoms with E-state index in [0.29, 0.717) is 0 Å². The van der Waals surface area contributed by atoms with Crippen molar-refractivity contribution in [1.29, 1.82) is 0 Å². The van der Waals surface area contributed by atoms with Crippen molar-refractivity contribution in [2.75, 3.05) is 55.7 Å². The van der Waals surface area contributed by atoms with Gasteiger partial charge in [-0.2, -0.15) is 11.8 Å². The standard InChI is InChI=1S/C20H30FN3S/c21-17-3-5-18(6-4-17)22-10-12-23(13-11-22)20-2-1-9-24(16-20)19-7-14-25-15-8-19/h3-6,19-20H,1-2,7-16H2. The van der Waals surface area contributed by atoms with Gasteiger partial charge in [0, 0.05) is 50.5 Å². The molecule has 1 aromatic rings. The summed E-state index contributed by atoms with van der Waals surface area (Å²) in [5.41, 5.74) is 1.16. The van der Waals surface area contributed by atoms with E-state index in [4.69, 9.17) is 0 Å². The van der Waals surface area contributed by atoms with Crippen molar-refractivity contribution in [3.05, 3.63) is 30.1 Å². The van der Waals surface area contributed by atoms with Crippen LogP contribution in [0.3, 0.4) is 0 Å². The zero-order valence-corrected chi connectivity index (χ0v) is 15.9. The highest BCUT2D eigenvalue weighted by Crippen LogP contribution is 2.27. The van der Waals surface area contributed by atoms with Gasteiger partial charge in [-0.15, -0.1) is 0 Å². The van der Waals surface area contributed by atoms with Crippen molar-refractivity contribution in [3.8, 4) is 0 Å². The predicted octanol–water partition coefficient (Wildman–Crippen LogP) is 3.31. The molecule has 1 unspecified atom stereocenters. The number of likely N-dealkylation sites (tertiary alicyclic amines) is 1. The van der Waals surface area contributed by atoms with Gasteiger partial charge in [-0.3, -0.25) is 9.80 Å². The quantitative estimate of drug-likeness (QED) is 0.815. The van der Waals surface area contributed by atoms with Gasteiger partial charge in [0.1, 0.15) is 5.82 Å². The number of anilines is 1. The monoisotopic (exact) mass is 363 g/mol. The third kappa shape index (κ3) is 4.32. The van der Waals surface area contributed by atoms with E-state index in [-0.39, 0.29) is 5.82 Å². The van der Waals surface area contributed by atoms with Gasteiger partial charge in [0.2, 0.25) is 0 Å². The van der Waals surface area contributed by atoms with Gasteiger partial charge in [0.25, 0.3) is 0 Å². The first-order valence-electron chi connectivity index (χ1n) is 9.86. The van der Waals surface area contributed by atoms with Crippen LogP contribution < -0.4 is 4.90 Å². The van der Waals surface area contributed by atoms with Gasteiger partial charge in [0.15, 0.2) is 0 Å². The van der Waals surface area contributed by atoms with Crippen molar-refractivity contribution >= 4 is 17.4 Å². The number of nitrogens with zero attached hydrogens (tertiary/aromatic N) is 3. The summed E-state index contributed by atoms with van der Waals surface area (Å²) in [6, 6.07) is 8.54. The van der Waals surface area contributed by atoms with Crippen LogP contribution in [0.25, 0.3) is 0 Å². The zero-order valence-electron chi connectivity index (χ0n) is 15.1. The molecule has 1 aromatic carbocycles. The molecule has 3 saturated heterocycles. The largest absolute Gasteiger partial charge is 0.369 e. The second-order valence-electron chi connectivity index (χ2n) is 7.63. The lowest BCUT2D eigenvalue weighted by atomic mass is 9.99. The summed E-state index contributed by atoms with van der Waals surface area (Å²) >= 11 is 2.12. The Morgan fingerprint density at radius 1 is 0.800 bits per heavy atom. The number of benzene rings is 1. The Kier molecular flexibility index (Phi) is 5.83. The first-order chi connectivity index (χ1) is 12.3. The van der Waals surface area contributed by atoms with Crippen molar-refractivity contribution in [1.82, 2.24) is 9.80 Å². The second kappa shape index (κ2) is 8.28. The fourth-order valence-corrected chi connectivity index (χ4v) is 5.74. The van der Waals surface area contributed by atoms with Crippen LogP contribution in [0, 0.1) is 5.82 Å². The van der Waals surface area contributed by atoms with E-state index in [1.165, 1.54) is 50.3 Å². The third-order valence-electron chi connectivity index (χ3n) is 6.16. The van der Waals surface area contributed by atoms with Gasteiger partial charge < -0.3 is 4.90 Å². The third-order valence-corrected chi connectivity index (χ3v) is 7.21. The molecule has 0 spiro atoms. The Labute approximate surface area is 155 Å². The van der Waals surface area contributed by atoms with Gasteiger partial charge in [-0.25, -0.2) is 4.39 Å². The molecule has 3 nitrogen and oxygen atoms in total. The highest BCUT2D eigenvalue weighted by atomic mass is 32.2. The van der Waals surface area contributed by atoms with E-state index in [0.717, 1.165) is 44.0 Å². The molecule has 1 atom stereocenters. The molecule has 138 valence electrons. The van der Waals surface area contributed by atoms with Crippen LogP contribution in [-0.4, -0.2) is 72.7 Å². The molecule has 0 amide bonds. The van der Waals surface area contributed by atoms with E-state index < -0.39 is 0 Å². The Hall–Kier alpha value is -0.780. The van der Waals surface area contributed by atoms with E-state index in [2.05, 4.69) is 26.5 Å². The van der Waals surface area contributed by atoms with E-state index in [1.54, 1.807) is 12.1 Å². The maximum Gasteiger partial charge on any atom is 0.123 e. The Morgan fingerprint density at radius 3 is 2.24 bits per heavy atom. The number of hydrogen-bond donors (Lipinski definition) is 0. The average molecular weight is 364 g/mol. The van der Waals surface area contributed by atoms with Crippen molar-refractivity contribution in [2.45, 2.75) is 37.8 Å². The van der Waals surface area contributed by atoms with Gasteiger partial charge in [-0.1, -0.05) is 0 Å². The van der Waals surface area contributed by atoms with Gasteiger partial charge in [0.05, 0.1) is 0 Å². The van der Waals surface area contributed by atoms with E-state index in [1.807, 2.05) is 12.1 Å². The number of rotatable bonds is 3. The average Bonchev–Trinajstić information content (AvgIpc) is 2.70. The second-order valence-corrected chi connectivity index (χ2v) is 8.86. The normalized spacial score (nSPS) is 27.6. The Morgan fingerprint density at radius 2 is 1.52 bits per heavy atom. The van der Waals surface area contributed by atoms with Crippen molar-refractivity contribution < 1.29 is 4.39 Å². The molecule has 5 heteroatoms. The molecular formula is C20H30FN3S. The number of hydrogen-bond acceptors (Lipinski definition) is 4. The molecule has 4 rings (SSSR count). The molecule has 3 heterocycles. The van der Waals surface area contributed by atoms with E-state index in [9.17, 15) is 4.39 Å². The fraction of sp³-hybridized carbons (Fsp3) is 0.700. The van der Waals surface area contributed by atoms with Crippen LogP contribution in [-0.2, 0) is 0 Å². The van der Waals surface area contributed by atoms with E-state index >= 15 is 0 Å². The summed E-state index contributed by atoms with van der Waals surface area (Å²) in [5.74, 6) is 2.55. The smallest absolute Gasteiger partial charge is 0.123 e. The molecule has 0 aromatic heterocycles. The summed E-state index contributed by atoms with van der Waals surface area (Å²) < 4.78 is 13.1. The van der Waals surface area contributed by atoms with Crippen LogP contribution in [0.5, 0.6) is 0 Å². The number of thioether (sulfide) groups is 1. The molecule has 25 heavy (non-hydrogen) atoms. The Bertz CT molecular complexity index is 538. The van der Waals surface area contributed by atoms with Crippen molar-refractivity contribution in [3.63, 3.8) is 0 Å². The van der Waals surface area contributed by atoms with Crippen LogP contribution in [0.2, 0.25) is 0 Å². The minimum Gasteiger partial charge on any atom is -0.369 e. The highest BCUT2D eigenvalue weighted by Gasteiger charge is 2.31. The fourth-order valence-electron chi connectivity index (χ4n) is 4.66. The lowest BCUT2D eigenvalue weighted by molar-refractivity contribution is 0.0645. The summed E-state index contributed by atoms with van der Waals surface area (Å²) in [5, 5.41) is 0. The number of piperazine rings is 1. The molecule has 3 aliphatic heterocycles. The molecular weight excluding hydrogens is 333 g/mol. The van der Waals surface area contributed by atoms with Crippen LogP contribution in [0.1, 0.15) is 25.7 Å². The minimum absolute atomic E-state index is 0.147. The summed E-state index contributed by atoms with van der Waals surface area (Å²) in [4.78, 5) is 7.90. The van der Waals surface area contributed by atoms with Gasteiger partial charge in [-0.05, 0) is 68.0 Å². The topological polar surface area (TPSA) is 9.72 Å². The summed E-state index contributed by atoms with van der Waals surface area (Å²) in [6.07, 6.45) is 5.48. The summed E-state index contributed by atoms with van der Waals surface area (Å²) in [7, 11) is 0. The lowest BCUT2D eigenvalue weighted by Gasteiger charge is -2.46. The lowest BCUT2D eigenvalue weighted by Crippen LogP contribution is -2.56. The molecule has 0 saturated carbocycles. The molecule has 0 aliphatic carbocycles. The van der Waals surface area contributed by atoms with Crippen LogP contribution >= 0.6 is 11.8 Å². The SMILES string of the molecule is Fc1ccc(N2CCN(C3CCCN(C4CCSCC4)C3)CC2)cc1. The molecule has 0 N–H and O–H groups in total. The van der Waals surface area contributed by atoms with Crippen LogP contribution in [0.4, 0.5) is 10.1 Å². The minimum atomic E-state index is -0.147. The maximum absolute atomic E-state index is 13.1. The first kappa shape index (κ1) is 17.6. The molecule has 3 aliphatic rings. The van der Waals surface area contributed by atoms with Crippen molar-refractivity contribution in [2.24, 2.45) is 0 Å². The summed E-state index contributed by atoms with van der Waals surface area (Å²) in [6.45, 7) is 6.96. The zero-order chi connectivity index (χ0) is 17.1. The molecule has 3 fully saturated rings. The predicted molar refractivity (Wildman–Crippen MR) is 105 cm³/mol. The first-order valence-corrected chi connectivity index (χ1v) is 11.0. The maximum atomic E-state index is 13.1. The molecule has 0 bridgehead atoms. The highest BCUT2D eigenvalue weighted by molar-refractivity contribution is 7.99.